The molecule has 18 heavy (non-hydrogen) atoms. The molecule has 1 aromatic heterocycles. The van der Waals surface area contributed by atoms with E-state index in [0.29, 0.717) is 17.0 Å². The predicted octanol–water partition coefficient (Wildman–Crippen LogP) is 3.52. The summed E-state index contributed by atoms with van der Waals surface area (Å²) in [6.45, 7) is 1.99. The molecular formula is C14H11FN2O. The molecule has 2 aromatic carbocycles. The van der Waals surface area contributed by atoms with Crippen molar-refractivity contribution >= 4 is 16.8 Å². The van der Waals surface area contributed by atoms with E-state index < -0.39 is 5.82 Å². The van der Waals surface area contributed by atoms with Gasteiger partial charge in [-0.2, -0.15) is 0 Å². The first-order chi connectivity index (χ1) is 8.63. The molecular weight excluding hydrogens is 231 g/mol. The quantitative estimate of drug-likeness (QED) is 0.664. The molecule has 0 aliphatic carbocycles. The molecule has 3 rings (SSSR count). The van der Waals surface area contributed by atoms with E-state index in [1.165, 1.54) is 12.1 Å². The number of nitrogen functional groups attached to an aromatic ring is 1. The molecule has 0 unspecified atom stereocenters. The lowest BCUT2D eigenvalue weighted by Gasteiger charge is -1.98. The van der Waals surface area contributed by atoms with Crippen molar-refractivity contribution < 1.29 is 8.81 Å². The molecule has 0 spiro atoms. The molecule has 2 N–H and O–H groups in total. The summed E-state index contributed by atoms with van der Waals surface area (Å²) in [5.41, 5.74) is 8.89. The van der Waals surface area contributed by atoms with Crippen molar-refractivity contribution in [1.29, 1.82) is 0 Å². The number of nitrogens with zero attached hydrogens (tertiary/aromatic N) is 1. The Morgan fingerprint density at radius 3 is 2.78 bits per heavy atom. The van der Waals surface area contributed by atoms with E-state index in [1.54, 1.807) is 6.07 Å². The summed E-state index contributed by atoms with van der Waals surface area (Å²) in [7, 11) is 0. The van der Waals surface area contributed by atoms with Gasteiger partial charge < -0.3 is 10.2 Å². The number of benzene rings is 2. The zero-order chi connectivity index (χ0) is 12.7. The molecule has 0 fully saturated rings. The van der Waals surface area contributed by atoms with Gasteiger partial charge in [-0.25, -0.2) is 9.37 Å². The van der Waals surface area contributed by atoms with Crippen LogP contribution in [0.1, 0.15) is 5.56 Å². The van der Waals surface area contributed by atoms with Gasteiger partial charge in [-0.1, -0.05) is 6.07 Å². The van der Waals surface area contributed by atoms with Gasteiger partial charge in [0.05, 0.1) is 5.69 Å². The number of halogens is 1. The van der Waals surface area contributed by atoms with Crippen LogP contribution in [-0.2, 0) is 0 Å². The number of fused-ring (bicyclic) bond motifs is 1. The summed E-state index contributed by atoms with van der Waals surface area (Å²) in [6, 6.07) is 10.2. The largest absolute Gasteiger partial charge is 0.436 e. The fourth-order valence-electron chi connectivity index (χ4n) is 1.84. The van der Waals surface area contributed by atoms with Crippen molar-refractivity contribution in [3.8, 4) is 11.5 Å². The van der Waals surface area contributed by atoms with Crippen LogP contribution in [0.25, 0.3) is 22.6 Å². The minimum absolute atomic E-state index is 0.0888. The highest BCUT2D eigenvalue weighted by atomic mass is 19.1. The van der Waals surface area contributed by atoms with Crippen molar-refractivity contribution in [2.75, 3.05) is 5.73 Å². The van der Waals surface area contributed by atoms with E-state index in [0.717, 1.165) is 11.1 Å². The summed E-state index contributed by atoms with van der Waals surface area (Å²) in [5.74, 6) is 0.00741. The SMILES string of the molecule is Cc1ccc2oc(-c3ccc(F)c(N)c3)nc2c1. The molecule has 0 saturated heterocycles. The normalized spacial score (nSPS) is 11.0. The van der Waals surface area contributed by atoms with Crippen LogP contribution in [0, 0.1) is 12.7 Å². The van der Waals surface area contributed by atoms with Crippen molar-refractivity contribution in [3.63, 3.8) is 0 Å². The standard InChI is InChI=1S/C14H11FN2O/c1-8-2-5-13-12(6-8)17-14(18-13)9-3-4-10(15)11(16)7-9/h2-7H,16H2,1H3. The zero-order valence-electron chi connectivity index (χ0n) is 9.77. The van der Waals surface area contributed by atoms with Crippen LogP contribution in [-0.4, -0.2) is 4.98 Å². The van der Waals surface area contributed by atoms with Crippen LogP contribution in [0.5, 0.6) is 0 Å². The zero-order valence-corrected chi connectivity index (χ0v) is 9.77. The third-order valence-electron chi connectivity index (χ3n) is 2.79. The van der Waals surface area contributed by atoms with E-state index in [1.807, 2.05) is 25.1 Å². The van der Waals surface area contributed by atoms with Crippen LogP contribution in [0.15, 0.2) is 40.8 Å². The monoisotopic (exact) mass is 242 g/mol. The van der Waals surface area contributed by atoms with Gasteiger partial charge >= 0.3 is 0 Å². The highest BCUT2D eigenvalue weighted by Gasteiger charge is 2.09. The second kappa shape index (κ2) is 3.84. The Morgan fingerprint density at radius 2 is 2.00 bits per heavy atom. The lowest BCUT2D eigenvalue weighted by Crippen LogP contribution is -1.90. The Morgan fingerprint density at radius 1 is 1.17 bits per heavy atom. The summed E-state index contributed by atoms with van der Waals surface area (Å²) >= 11 is 0. The third-order valence-corrected chi connectivity index (χ3v) is 2.79. The molecule has 0 aliphatic rings. The average molecular weight is 242 g/mol. The predicted molar refractivity (Wildman–Crippen MR) is 68.6 cm³/mol. The van der Waals surface area contributed by atoms with E-state index in [2.05, 4.69) is 4.98 Å². The first-order valence-corrected chi connectivity index (χ1v) is 5.56. The van der Waals surface area contributed by atoms with E-state index in [9.17, 15) is 4.39 Å². The van der Waals surface area contributed by atoms with Gasteiger partial charge in [0.25, 0.3) is 0 Å². The summed E-state index contributed by atoms with van der Waals surface area (Å²) in [6.07, 6.45) is 0. The Kier molecular flexibility index (Phi) is 2.30. The fourth-order valence-corrected chi connectivity index (χ4v) is 1.84. The van der Waals surface area contributed by atoms with Gasteiger partial charge in [-0.05, 0) is 42.8 Å². The lowest BCUT2D eigenvalue weighted by atomic mass is 10.2. The number of hydrogen-bond acceptors (Lipinski definition) is 3. The molecule has 0 saturated carbocycles. The van der Waals surface area contributed by atoms with Crippen molar-refractivity contribution in [1.82, 2.24) is 4.98 Å². The van der Waals surface area contributed by atoms with Crippen molar-refractivity contribution in [3.05, 3.63) is 47.8 Å². The highest BCUT2D eigenvalue weighted by molar-refractivity contribution is 5.77. The number of aromatic nitrogens is 1. The van der Waals surface area contributed by atoms with Crippen LogP contribution in [0.4, 0.5) is 10.1 Å². The summed E-state index contributed by atoms with van der Waals surface area (Å²) in [5, 5.41) is 0. The number of anilines is 1. The molecule has 0 bridgehead atoms. The fraction of sp³-hybridized carbons (Fsp3) is 0.0714. The van der Waals surface area contributed by atoms with Crippen LogP contribution in [0.3, 0.4) is 0 Å². The van der Waals surface area contributed by atoms with Gasteiger partial charge in [0, 0.05) is 5.56 Å². The smallest absolute Gasteiger partial charge is 0.227 e. The number of aryl methyl sites for hydroxylation is 1. The van der Waals surface area contributed by atoms with Crippen molar-refractivity contribution in [2.45, 2.75) is 6.92 Å². The van der Waals surface area contributed by atoms with Gasteiger partial charge in [-0.3, -0.25) is 0 Å². The summed E-state index contributed by atoms with van der Waals surface area (Å²) in [4.78, 5) is 4.37. The number of rotatable bonds is 1. The minimum Gasteiger partial charge on any atom is -0.436 e. The molecule has 0 atom stereocenters. The van der Waals surface area contributed by atoms with E-state index >= 15 is 0 Å². The molecule has 0 aliphatic heterocycles. The molecule has 0 amide bonds. The molecule has 3 aromatic rings. The van der Waals surface area contributed by atoms with Gasteiger partial charge in [-0.15, -0.1) is 0 Å². The second-order valence-corrected chi connectivity index (χ2v) is 4.23. The third kappa shape index (κ3) is 1.72. The molecule has 1 heterocycles. The van der Waals surface area contributed by atoms with Gasteiger partial charge in [0.2, 0.25) is 5.89 Å². The number of nitrogens with two attached hydrogens (primary N) is 1. The molecule has 0 radical (unpaired) electrons. The van der Waals surface area contributed by atoms with E-state index in [4.69, 9.17) is 10.2 Å². The maximum Gasteiger partial charge on any atom is 0.227 e. The first-order valence-electron chi connectivity index (χ1n) is 5.56. The van der Waals surface area contributed by atoms with Gasteiger partial charge in [0.1, 0.15) is 11.3 Å². The Balaban J connectivity index is 2.16. The first kappa shape index (κ1) is 10.8. The van der Waals surface area contributed by atoms with E-state index in [-0.39, 0.29) is 5.69 Å². The van der Waals surface area contributed by atoms with Crippen LogP contribution >= 0.6 is 0 Å². The van der Waals surface area contributed by atoms with Crippen LogP contribution < -0.4 is 5.73 Å². The lowest BCUT2D eigenvalue weighted by molar-refractivity contribution is 0.617. The maximum absolute atomic E-state index is 13.1. The van der Waals surface area contributed by atoms with Gasteiger partial charge in [0.15, 0.2) is 5.58 Å². The average Bonchev–Trinajstić information content (AvgIpc) is 2.75. The van der Waals surface area contributed by atoms with Crippen molar-refractivity contribution in [2.24, 2.45) is 0 Å². The summed E-state index contributed by atoms with van der Waals surface area (Å²) < 4.78 is 18.7. The topological polar surface area (TPSA) is 52.0 Å². The molecule has 4 heteroatoms. The number of hydrogen-bond donors (Lipinski definition) is 1. The number of oxazole rings is 1. The molecule has 3 nitrogen and oxygen atoms in total. The maximum atomic E-state index is 13.1. The molecule has 90 valence electrons. The Hall–Kier alpha value is -2.36. The second-order valence-electron chi connectivity index (χ2n) is 4.23. The Labute approximate surface area is 103 Å². The van der Waals surface area contributed by atoms with Crippen LogP contribution in [0.2, 0.25) is 0 Å². The highest BCUT2D eigenvalue weighted by Crippen LogP contribution is 2.26. The Bertz CT molecular complexity index is 734. The minimum atomic E-state index is -0.439.